The van der Waals surface area contributed by atoms with Gasteiger partial charge in [0.2, 0.25) is 11.8 Å². The van der Waals surface area contributed by atoms with Crippen molar-refractivity contribution >= 4 is 30.5 Å². The number of nitrogens with zero attached hydrogens (tertiary/aromatic N) is 1. The Morgan fingerprint density at radius 1 is 1.08 bits per heavy atom. The molecular formula is C27H35N3O5S. The third-order valence-electron chi connectivity index (χ3n) is 5.94. The molecule has 3 N–H and O–H groups in total. The first kappa shape index (κ1) is 27.4. The molecule has 0 saturated heterocycles. The number of amides is 3. The zero-order chi connectivity index (χ0) is 26.3. The van der Waals surface area contributed by atoms with E-state index in [2.05, 4.69) is 23.3 Å². The Balaban J connectivity index is 1.90. The molecule has 194 valence electrons. The van der Waals surface area contributed by atoms with Crippen LogP contribution in [0, 0.1) is 0 Å². The van der Waals surface area contributed by atoms with Crippen molar-refractivity contribution in [1.82, 2.24) is 15.5 Å². The standard InChI is InChI=1S/C27H35N3O5S/c1-27(2,3)35-26(34)29-22(17-36)25(33)30(20-10-7-11-20)23(19-12-14-21(31)15-13-19)24(32)28-16-18-8-5-4-6-9-18/h4-6,8-9,12-15,20,22-23,31,36H,7,10-11,16-17H2,1-3H3,(H,28,32)(H,29,34). The van der Waals surface area contributed by atoms with Crippen LogP contribution in [0.2, 0.25) is 0 Å². The average Bonchev–Trinajstić information content (AvgIpc) is 2.80. The number of carbonyl (C=O) groups excluding carboxylic acids is 3. The molecule has 2 atom stereocenters. The highest BCUT2D eigenvalue weighted by molar-refractivity contribution is 7.80. The smallest absolute Gasteiger partial charge is 0.408 e. The van der Waals surface area contributed by atoms with Gasteiger partial charge in [0, 0.05) is 18.3 Å². The van der Waals surface area contributed by atoms with E-state index in [1.807, 2.05) is 30.3 Å². The molecule has 0 spiro atoms. The lowest BCUT2D eigenvalue weighted by molar-refractivity contribution is -0.147. The topological polar surface area (TPSA) is 108 Å². The summed E-state index contributed by atoms with van der Waals surface area (Å²) in [6, 6.07) is 13.7. The highest BCUT2D eigenvalue weighted by Crippen LogP contribution is 2.34. The molecule has 1 saturated carbocycles. The van der Waals surface area contributed by atoms with Crippen molar-refractivity contribution in [2.45, 2.75) is 70.3 Å². The zero-order valence-corrected chi connectivity index (χ0v) is 21.8. The molecule has 0 aromatic heterocycles. The van der Waals surface area contributed by atoms with Crippen LogP contribution < -0.4 is 10.6 Å². The first-order valence-corrected chi connectivity index (χ1v) is 12.8. The summed E-state index contributed by atoms with van der Waals surface area (Å²) in [5.41, 5.74) is 0.763. The average molecular weight is 514 g/mol. The van der Waals surface area contributed by atoms with Crippen molar-refractivity contribution in [3.8, 4) is 5.75 Å². The summed E-state index contributed by atoms with van der Waals surface area (Å²) >= 11 is 4.31. The van der Waals surface area contributed by atoms with Gasteiger partial charge in [0.25, 0.3) is 0 Å². The number of benzene rings is 2. The number of nitrogens with one attached hydrogen (secondary N) is 2. The SMILES string of the molecule is CC(C)(C)OC(=O)NC(CS)C(=O)N(C1CCC1)C(C(=O)NCc1ccccc1)c1ccc(O)cc1. The van der Waals surface area contributed by atoms with Crippen LogP contribution in [0.25, 0.3) is 0 Å². The maximum atomic E-state index is 13.8. The molecule has 9 heteroatoms. The number of ether oxygens (including phenoxy) is 1. The van der Waals surface area contributed by atoms with Crippen molar-refractivity contribution in [3.05, 3.63) is 65.7 Å². The van der Waals surface area contributed by atoms with E-state index in [9.17, 15) is 19.5 Å². The fourth-order valence-electron chi connectivity index (χ4n) is 3.97. The normalized spacial score (nSPS) is 15.2. The van der Waals surface area contributed by atoms with E-state index < -0.39 is 29.7 Å². The van der Waals surface area contributed by atoms with Gasteiger partial charge in [0.15, 0.2) is 0 Å². The molecule has 36 heavy (non-hydrogen) atoms. The van der Waals surface area contributed by atoms with Gasteiger partial charge in [-0.05, 0) is 63.3 Å². The van der Waals surface area contributed by atoms with Crippen LogP contribution in [0.5, 0.6) is 5.75 Å². The Morgan fingerprint density at radius 3 is 2.25 bits per heavy atom. The van der Waals surface area contributed by atoms with Gasteiger partial charge in [0.05, 0.1) is 0 Å². The van der Waals surface area contributed by atoms with Crippen molar-refractivity contribution in [2.75, 3.05) is 5.75 Å². The lowest BCUT2D eigenvalue weighted by Crippen LogP contribution is -2.58. The van der Waals surface area contributed by atoms with Crippen LogP contribution in [-0.2, 0) is 20.9 Å². The minimum atomic E-state index is -0.981. The van der Waals surface area contributed by atoms with Gasteiger partial charge in [-0.3, -0.25) is 9.59 Å². The van der Waals surface area contributed by atoms with Gasteiger partial charge in [0.1, 0.15) is 23.4 Å². The van der Waals surface area contributed by atoms with E-state index in [1.165, 1.54) is 12.1 Å². The summed E-state index contributed by atoms with van der Waals surface area (Å²) in [6.45, 7) is 5.52. The number of hydrogen-bond donors (Lipinski definition) is 4. The van der Waals surface area contributed by atoms with Gasteiger partial charge in [-0.1, -0.05) is 42.5 Å². The van der Waals surface area contributed by atoms with Crippen LogP contribution >= 0.6 is 12.6 Å². The summed E-state index contributed by atoms with van der Waals surface area (Å²) < 4.78 is 5.33. The minimum Gasteiger partial charge on any atom is -0.508 e. The van der Waals surface area contributed by atoms with Crippen molar-refractivity contribution in [2.24, 2.45) is 0 Å². The van der Waals surface area contributed by atoms with Crippen LogP contribution in [0.4, 0.5) is 4.79 Å². The lowest BCUT2D eigenvalue weighted by atomic mass is 9.88. The number of thiol groups is 1. The Bertz CT molecular complexity index is 1040. The summed E-state index contributed by atoms with van der Waals surface area (Å²) in [4.78, 5) is 41.5. The Labute approximate surface area is 217 Å². The van der Waals surface area contributed by atoms with Crippen LogP contribution in [-0.4, -0.2) is 51.4 Å². The van der Waals surface area contributed by atoms with E-state index in [0.717, 1.165) is 24.8 Å². The van der Waals surface area contributed by atoms with E-state index >= 15 is 0 Å². The predicted molar refractivity (Wildman–Crippen MR) is 141 cm³/mol. The molecule has 2 aromatic carbocycles. The van der Waals surface area contributed by atoms with Crippen LogP contribution in [0.15, 0.2) is 54.6 Å². The van der Waals surface area contributed by atoms with Gasteiger partial charge in [-0.25, -0.2) is 4.79 Å². The quantitative estimate of drug-likeness (QED) is 0.380. The number of alkyl carbamates (subject to hydrolysis) is 1. The third-order valence-corrected chi connectivity index (χ3v) is 6.30. The number of carbonyl (C=O) groups is 3. The minimum absolute atomic E-state index is 0.0369. The molecule has 0 radical (unpaired) electrons. The second-order valence-corrected chi connectivity index (χ2v) is 10.3. The third kappa shape index (κ3) is 7.40. The number of aromatic hydroxyl groups is 1. The molecule has 0 heterocycles. The fraction of sp³-hybridized carbons (Fsp3) is 0.444. The van der Waals surface area contributed by atoms with Crippen molar-refractivity contribution in [3.63, 3.8) is 0 Å². The predicted octanol–water partition coefficient (Wildman–Crippen LogP) is 3.95. The second kappa shape index (κ2) is 12.2. The van der Waals surface area contributed by atoms with Gasteiger partial charge in [-0.15, -0.1) is 0 Å². The summed E-state index contributed by atoms with van der Waals surface area (Å²) in [5, 5.41) is 15.4. The number of phenols is 1. The monoisotopic (exact) mass is 513 g/mol. The van der Waals surface area contributed by atoms with Crippen LogP contribution in [0.1, 0.15) is 57.2 Å². The molecule has 3 rings (SSSR count). The molecule has 3 amide bonds. The zero-order valence-electron chi connectivity index (χ0n) is 20.9. The number of hydrogen-bond acceptors (Lipinski definition) is 6. The van der Waals surface area contributed by atoms with E-state index in [4.69, 9.17) is 4.74 Å². The number of rotatable bonds is 9. The fourth-order valence-corrected chi connectivity index (χ4v) is 4.22. The maximum Gasteiger partial charge on any atom is 0.408 e. The maximum absolute atomic E-state index is 13.8. The van der Waals surface area contributed by atoms with E-state index in [-0.39, 0.29) is 23.5 Å². The first-order chi connectivity index (χ1) is 17.1. The van der Waals surface area contributed by atoms with Crippen molar-refractivity contribution < 1.29 is 24.2 Å². The molecule has 0 aliphatic heterocycles. The molecule has 8 nitrogen and oxygen atoms in total. The summed E-state index contributed by atoms with van der Waals surface area (Å²) in [7, 11) is 0. The molecule has 1 fully saturated rings. The molecule has 2 aromatic rings. The van der Waals surface area contributed by atoms with Gasteiger partial charge < -0.3 is 25.4 Å². The first-order valence-electron chi connectivity index (χ1n) is 12.1. The van der Waals surface area contributed by atoms with Gasteiger partial charge >= 0.3 is 6.09 Å². The largest absolute Gasteiger partial charge is 0.508 e. The van der Waals surface area contributed by atoms with E-state index in [1.54, 1.807) is 37.8 Å². The second-order valence-electron chi connectivity index (χ2n) is 9.91. The van der Waals surface area contributed by atoms with Crippen LogP contribution in [0.3, 0.4) is 0 Å². The van der Waals surface area contributed by atoms with E-state index in [0.29, 0.717) is 12.1 Å². The summed E-state index contributed by atoms with van der Waals surface area (Å²) in [5.74, 6) is -0.660. The number of phenolic OH excluding ortho intramolecular Hbond substituents is 1. The van der Waals surface area contributed by atoms with Crippen molar-refractivity contribution in [1.29, 1.82) is 0 Å². The summed E-state index contributed by atoms with van der Waals surface area (Å²) in [6.07, 6.45) is 1.71. The Kier molecular flexibility index (Phi) is 9.25. The molecule has 0 bridgehead atoms. The molecule has 2 unspecified atom stereocenters. The Hall–Kier alpha value is -3.20. The Morgan fingerprint density at radius 2 is 1.72 bits per heavy atom. The van der Waals surface area contributed by atoms with Gasteiger partial charge in [-0.2, -0.15) is 12.6 Å². The highest BCUT2D eigenvalue weighted by Gasteiger charge is 2.41. The molecule has 1 aliphatic carbocycles. The molecule has 1 aliphatic rings. The lowest BCUT2D eigenvalue weighted by Gasteiger charge is -2.43. The highest BCUT2D eigenvalue weighted by atomic mass is 32.1. The molecular weight excluding hydrogens is 478 g/mol.